The predicted octanol–water partition coefficient (Wildman–Crippen LogP) is 1.26. The molecule has 1 aliphatic heterocycles. The minimum absolute atomic E-state index is 0.0805. The van der Waals surface area contributed by atoms with Gasteiger partial charge in [0.2, 0.25) is 5.91 Å². The van der Waals surface area contributed by atoms with Gasteiger partial charge in [-0.25, -0.2) is 8.42 Å². The van der Waals surface area contributed by atoms with Crippen LogP contribution in [0.2, 0.25) is 0 Å². The topological polar surface area (TPSA) is 57.7 Å². The van der Waals surface area contributed by atoms with Gasteiger partial charge in [-0.2, -0.15) is 0 Å². The van der Waals surface area contributed by atoms with Gasteiger partial charge >= 0.3 is 0 Å². The number of hydrogen-bond donors (Lipinski definition) is 0. The number of sulfone groups is 1. The average Bonchev–Trinajstić information content (AvgIpc) is 2.53. The Morgan fingerprint density at radius 3 is 2.32 bits per heavy atom. The van der Waals surface area contributed by atoms with Gasteiger partial charge in [0.15, 0.2) is 9.84 Å². The van der Waals surface area contributed by atoms with Crippen LogP contribution < -0.4 is 0 Å². The van der Waals surface area contributed by atoms with E-state index in [1.165, 1.54) is 0 Å². The normalized spacial score (nSPS) is 17.4. The van der Waals surface area contributed by atoms with Gasteiger partial charge in [0.1, 0.15) is 0 Å². The fourth-order valence-corrected chi connectivity index (χ4v) is 4.07. The van der Waals surface area contributed by atoms with Gasteiger partial charge in [0.25, 0.3) is 0 Å². The van der Waals surface area contributed by atoms with Crippen molar-refractivity contribution in [3.05, 3.63) is 30.3 Å². The number of carbonyl (C=O) groups is 1. The Morgan fingerprint density at radius 1 is 1.18 bits per heavy atom. The minimum atomic E-state index is -3.22. The van der Waals surface area contributed by atoms with E-state index in [9.17, 15) is 13.2 Å². The summed E-state index contributed by atoms with van der Waals surface area (Å²) in [5.41, 5.74) is 0. The molecule has 0 aliphatic carbocycles. The van der Waals surface area contributed by atoms with Crippen molar-refractivity contribution in [3.63, 3.8) is 0 Å². The summed E-state index contributed by atoms with van der Waals surface area (Å²) in [6, 6.07) is 8.57. The van der Waals surface area contributed by atoms with Crippen LogP contribution in [-0.4, -0.2) is 63.6 Å². The lowest BCUT2D eigenvalue weighted by Crippen LogP contribution is -2.41. The standard InChI is InChI=1S/C16H24N2O3S/c1-17(2)16(19)14-8-10-18(11-9-14)12-13-22(20,21)15-6-4-3-5-7-15/h3-7,14H,8-13H2,1-2H3. The van der Waals surface area contributed by atoms with Crippen molar-refractivity contribution < 1.29 is 13.2 Å². The molecular formula is C16H24N2O3S. The smallest absolute Gasteiger partial charge is 0.225 e. The van der Waals surface area contributed by atoms with E-state index in [0.29, 0.717) is 11.4 Å². The third kappa shape index (κ3) is 4.30. The average molecular weight is 324 g/mol. The molecule has 0 saturated carbocycles. The van der Waals surface area contributed by atoms with Crippen molar-refractivity contribution in [2.24, 2.45) is 5.92 Å². The molecule has 0 aromatic heterocycles. The second-order valence-corrected chi connectivity index (χ2v) is 8.09. The summed E-state index contributed by atoms with van der Waals surface area (Å²) in [5, 5.41) is 0. The van der Waals surface area contributed by atoms with E-state index >= 15 is 0 Å². The highest BCUT2D eigenvalue weighted by molar-refractivity contribution is 7.91. The molecule has 1 aromatic carbocycles. The van der Waals surface area contributed by atoms with Crippen LogP contribution in [0.4, 0.5) is 0 Å². The molecule has 0 N–H and O–H groups in total. The maximum Gasteiger partial charge on any atom is 0.225 e. The largest absolute Gasteiger partial charge is 0.349 e. The zero-order chi connectivity index (χ0) is 16.2. The van der Waals surface area contributed by atoms with Crippen LogP contribution in [0.1, 0.15) is 12.8 Å². The van der Waals surface area contributed by atoms with Crippen LogP contribution in [0.15, 0.2) is 35.2 Å². The van der Waals surface area contributed by atoms with Gasteiger partial charge in [0, 0.05) is 26.6 Å². The number of rotatable bonds is 5. The summed E-state index contributed by atoms with van der Waals surface area (Å²) >= 11 is 0. The number of hydrogen-bond acceptors (Lipinski definition) is 4. The second kappa shape index (κ2) is 7.24. The first-order valence-corrected chi connectivity index (χ1v) is 9.27. The fourth-order valence-electron chi connectivity index (χ4n) is 2.76. The first-order chi connectivity index (χ1) is 10.4. The highest BCUT2D eigenvalue weighted by Gasteiger charge is 2.26. The zero-order valence-electron chi connectivity index (χ0n) is 13.2. The van der Waals surface area contributed by atoms with Gasteiger partial charge in [0.05, 0.1) is 10.6 Å². The maximum absolute atomic E-state index is 12.2. The molecule has 6 heteroatoms. The van der Waals surface area contributed by atoms with Gasteiger partial charge < -0.3 is 9.80 Å². The minimum Gasteiger partial charge on any atom is -0.349 e. The molecule has 0 radical (unpaired) electrons. The summed E-state index contributed by atoms with van der Waals surface area (Å²) in [5.74, 6) is 0.386. The van der Waals surface area contributed by atoms with Crippen LogP contribution >= 0.6 is 0 Å². The number of piperidine rings is 1. The Labute approximate surface area is 132 Å². The number of nitrogens with zero attached hydrogens (tertiary/aromatic N) is 2. The SMILES string of the molecule is CN(C)C(=O)C1CCN(CCS(=O)(=O)c2ccccc2)CC1. The lowest BCUT2D eigenvalue weighted by atomic mass is 9.95. The van der Waals surface area contributed by atoms with E-state index in [0.717, 1.165) is 25.9 Å². The summed E-state index contributed by atoms with van der Waals surface area (Å²) in [4.78, 5) is 16.1. The lowest BCUT2D eigenvalue weighted by molar-refractivity contribution is -0.134. The molecule has 22 heavy (non-hydrogen) atoms. The molecular weight excluding hydrogens is 300 g/mol. The summed E-state index contributed by atoms with van der Waals surface area (Å²) in [6.45, 7) is 2.10. The lowest BCUT2D eigenvalue weighted by Gasteiger charge is -2.32. The van der Waals surface area contributed by atoms with Crippen molar-refractivity contribution in [2.45, 2.75) is 17.7 Å². The molecule has 0 unspecified atom stereocenters. The van der Waals surface area contributed by atoms with Crippen molar-refractivity contribution in [1.29, 1.82) is 0 Å². The van der Waals surface area contributed by atoms with Gasteiger partial charge in [-0.15, -0.1) is 0 Å². The second-order valence-electron chi connectivity index (χ2n) is 5.98. The van der Waals surface area contributed by atoms with Crippen LogP contribution in [0.3, 0.4) is 0 Å². The molecule has 122 valence electrons. The first kappa shape index (κ1) is 17.0. The molecule has 0 bridgehead atoms. The van der Waals surface area contributed by atoms with E-state index in [1.807, 2.05) is 6.07 Å². The Bertz CT molecular complexity index is 591. The molecule has 2 rings (SSSR count). The highest BCUT2D eigenvalue weighted by Crippen LogP contribution is 2.19. The van der Waals surface area contributed by atoms with E-state index in [2.05, 4.69) is 4.90 Å². The van der Waals surface area contributed by atoms with Crippen LogP contribution in [0.5, 0.6) is 0 Å². The van der Waals surface area contributed by atoms with Gasteiger partial charge in [-0.05, 0) is 38.1 Å². The van der Waals surface area contributed by atoms with Crippen LogP contribution in [-0.2, 0) is 14.6 Å². The molecule has 1 amide bonds. The monoisotopic (exact) mass is 324 g/mol. The third-order valence-corrected chi connectivity index (χ3v) is 5.87. The van der Waals surface area contributed by atoms with Gasteiger partial charge in [-0.1, -0.05) is 18.2 Å². The summed E-state index contributed by atoms with van der Waals surface area (Å²) in [6.07, 6.45) is 1.62. The third-order valence-electron chi connectivity index (χ3n) is 4.16. The molecule has 0 atom stereocenters. The Morgan fingerprint density at radius 2 is 1.77 bits per heavy atom. The fraction of sp³-hybridized carbons (Fsp3) is 0.562. The van der Waals surface area contributed by atoms with Crippen molar-refractivity contribution in [3.8, 4) is 0 Å². The van der Waals surface area contributed by atoms with E-state index in [-0.39, 0.29) is 17.6 Å². The van der Waals surface area contributed by atoms with Crippen LogP contribution in [0.25, 0.3) is 0 Å². The number of amides is 1. The molecule has 1 aliphatic rings. The van der Waals surface area contributed by atoms with Crippen molar-refractivity contribution in [2.75, 3.05) is 39.5 Å². The predicted molar refractivity (Wildman–Crippen MR) is 86.4 cm³/mol. The molecule has 1 aromatic rings. The molecule has 1 fully saturated rings. The first-order valence-electron chi connectivity index (χ1n) is 7.61. The van der Waals surface area contributed by atoms with E-state index in [4.69, 9.17) is 0 Å². The Hall–Kier alpha value is -1.40. The number of benzene rings is 1. The maximum atomic E-state index is 12.2. The quantitative estimate of drug-likeness (QED) is 0.818. The Balaban J connectivity index is 1.83. The molecule has 1 saturated heterocycles. The van der Waals surface area contributed by atoms with Gasteiger partial charge in [-0.3, -0.25) is 4.79 Å². The van der Waals surface area contributed by atoms with E-state index < -0.39 is 9.84 Å². The molecule has 0 spiro atoms. The summed E-state index contributed by atoms with van der Waals surface area (Å²) < 4.78 is 24.5. The Kier molecular flexibility index (Phi) is 5.58. The molecule has 5 nitrogen and oxygen atoms in total. The molecule has 1 heterocycles. The summed E-state index contributed by atoms with van der Waals surface area (Å²) in [7, 11) is 0.338. The van der Waals surface area contributed by atoms with E-state index in [1.54, 1.807) is 43.3 Å². The van der Waals surface area contributed by atoms with Crippen molar-refractivity contribution in [1.82, 2.24) is 9.80 Å². The van der Waals surface area contributed by atoms with Crippen molar-refractivity contribution >= 4 is 15.7 Å². The zero-order valence-corrected chi connectivity index (χ0v) is 14.1. The van der Waals surface area contributed by atoms with Crippen LogP contribution in [0, 0.1) is 5.92 Å². The number of carbonyl (C=O) groups excluding carboxylic acids is 1. The number of likely N-dealkylation sites (tertiary alicyclic amines) is 1. The highest BCUT2D eigenvalue weighted by atomic mass is 32.2.